The van der Waals surface area contributed by atoms with Crippen molar-refractivity contribution >= 4 is 41.0 Å². The number of benzene rings is 1. The van der Waals surface area contributed by atoms with Gasteiger partial charge in [0.25, 0.3) is 11.8 Å². The maximum Gasteiger partial charge on any atom is 0.313 e. The van der Waals surface area contributed by atoms with Gasteiger partial charge in [-0.05, 0) is 38.0 Å². The quantitative estimate of drug-likeness (QED) is 0.583. The van der Waals surface area contributed by atoms with Crippen LogP contribution in [0, 0.1) is 10.8 Å². The molecule has 2 aliphatic rings. The second kappa shape index (κ2) is 6.56. The van der Waals surface area contributed by atoms with Crippen molar-refractivity contribution in [2.75, 3.05) is 6.61 Å². The summed E-state index contributed by atoms with van der Waals surface area (Å²) in [5, 5.41) is 0.712. The van der Waals surface area contributed by atoms with Gasteiger partial charge in [-0.1, -0.05) is 37.0 Å². The molecule has 1 aliphatic heterocycles. The van der Waals surface area contributed by atoms with Gasteiger partial charge >= 0.3 is 5.97 Å². The van der Waals surface area contributed by atoms with E-state index in [1.54, 1.807) is 13.0 Å². The van der Waals surface area contributed by atoms with Crippen LogP contribution in [-0.2, 0) is 19.1 Å². The fourth-order valence-electron chi connectivity index (χ4n) is 3.75. The summed E-state index contributed by atoms with van der Waals surface area (Å²) in [5.41, 5.74) is 1.91. The van der Waals surface area contributed by atoms with Crippen molar-refractivity contribution in [3.63, 3.8) is 0 Å². The van der Waals surface area contributed by atoms with Crippen molar-refractivity contribution in [2.24, 2.45) is 10.8 Å². The van der Waals surface area contributed by atoms with Crippen LogP contribution in [-0.4, -0.2) is 30.0 Å². The van der Waals surface area contributed by atoms with Gasteiger partial charge in [-0.15, -0.1) is 0 Å². The Bertz CT molecular complexity index is 828. The smallest absolute Gasteiger partial charge is 0.313 e. The van der Waals surface area contributed by atoms with Crippen molar-refractivity contribution in [3.05, 3.63) is 28.2 Å². The fourth-order valence-corrected chi connectivity index (χ4v) is 4.21. The van der Waals surface area contributed by atoms with Gasteiger partial charge in [0.15, 0.2) is 12.2 Å². The van der Waals surface area contributed by atoms with E-state index in [1.807, 2.05) is 13.8 Å². The van der Waals surface area contributed by atoms with Crippen LogP contribution in [0.25, 0.3) is 0 Å². The predicted octanol–water partition coefficient (Wildman–Crippen LogP) is 2.64. The lowest BCUT2D eigenvalue weighted by Gasteiger charge is -2.35. The van der Waals surface area contributed by atoms with Gasteiger partial charge < -0.3 is 9.47 Å². The minimum Gasteiger partial charge on any atom is -0.482 e. The Hall–Kier alpha value is -1.99. The number of rotatable bonds is 4. The standard InChI is InChI=1S/C18H20Cl2N2O5/c1-16(2)17(3)6-7-18(16,27-15(17)25)14(24)22-21-13(23)9-26-12-5-4-10(19)8-11(12)20/h4-5,8H,6-7,9H2,1-3H3,(H,21,23)(H,22,24). The number of carbonyl (C=O) groups excluding carboxylic acids is 3. The molecule has 0 radical (unpaired) electrons. The first-order valence-electron chi connectivity index (χ1n) is 8.44. The second-order valence-corrected chi connectivity index (χ2v) is 8.38. The Morgan fingerprint density at radius 2 is 1.89 bits per heavy atom. The first-order chi connectivity index (χ1) is 12.5. The number of amides is 2. The molecule has 146 valence electrons. The van der Waals surface area contributed by atoms with E-state index in [-0.39, 0.29) is 17.6 Å². The number of nitrogens with one attached hydrogen (secondary N) is 2. The third-order valence-corrected chi connectivity index (χ3v) is 6.55. The van der Waals surface area contributed by atoms with Crippen LogP contribution in [0.4, 0.5) is 0 Å². The molecule has 1 heterocycles. The molecular weight excluding hydrogens is 395 g/mol. The average Bonchev–Trinajstić information content (AvgIpc) is 2.89. The van der Waals surface area contributed by atoms with Crippen molar-refractivity contribution in [1.29, 1.82) is 0 Å². The van der Waals surface area contributed by atoms with E-state index in [1.165, 1.54) is 12.1 Å². The SMILES string of the molecule is CC12CCC(C(=O)NNC(=O)COc3ccc(Cl)cc3Cl)(OC1=O)C2(C)C. The molecule has 7 nitrogen and oxygen atoms in total. The number of carbonyl (C=O) groups is 3. The maximum atomic E-state index is 12.7. The molecule has 0 aromatic heterocycles. The Morgan fingerprint density at radius 1 is 1.19 bits per heavy atom. The number of hydrogen-bond acceptors (Lipinski definition) is 5. The van der Waals surface area contributed by atoms with Crippen LogP contribution in [0.1, 0.15) is 33.6 Å². The minimum absolute atomic E-state index is 0.267. The van der Waals surface area contributed by atoms with Crippen molar-refractivity contribution in [1.82, 2.24) is 10.9 Å². The lowest BCUT2D eigenvalue weighted by atomic mass is 9.66. The van der Waals surface area contributed by atoms with Gasteiger partial charge in [0.2, 0.25) is 0 Å². The molecule has 2 fully saturated rings. The predicted molar refractivity (Wildman–Crippen MR) is 98.2 cm³/mol. The topological polar surface area (TPSA) is 93.7 Å². The summed E-state index contributed by atoms with van der Waals surface area (Å²) in [4.78, 5) is 36.9. The van der Waals surface area contributed by atoms with Gasteiger partial charge in [0, 0.05) is 10.4 Å². The molecule has 27 heavy (non-hydrogen) atoms. The second-order valence-electron chi connectivity index (χ2n) is 7.54. The van der Waals surface area contributed by atoms with Crippen LogP contribution in [0.15, 0.2) is 18.2 Å². The monoisotopic (exact) mass is 414 g/mol. The Kier molecular flexibility index (Phi) is 4.80. The van der Waals surface area contributed by atoms with E-state index >= 15 is 0 Å². The number of esters is 1. The van der Waals surface area contributed by atoms with Crippen LogP contribution >= 0.6 is 23.2 Å². The van der Waals surface area contributed by atoms with E-state index in [9.17, 15) is 14.4 Å². The Balaban J connectivity index is 1.58. The number of ether oxygens (including phenoxy) is 2. The number of hydrogen-bond donors (Lipinski definition) is 2. The molecule has 9 heteroatoms. The van der Waals surface area contributed by atoms with E-state index in [2.05, 4.69) is 10.9 Å². The molecule has 3 rings (SSSR count). The van der Waals surface area contributed by atoms with Gasteiger partial charge in [-0.25, -0.2) is 0 Å². The lowest BCUT2D eigenvalue weighted by molar-refractivity contribution is -0.169. The van der Waals surface area contributed by atoms with Crippen LogP contribution in [0.5, 0.6) is 5.75 Å². The summed E-state index contributed by atoms with van der Waals surface area (Å²) in [6, 6.07) is 4.61. The highest BCUT2D eigenvalue weighted by atomic mass is 35.5. The van der Waals surface area contributed by atoms with Crippen molar-refractivity contribution in [3.8, 4) is 5.75 Å². The van der Waals surface area contributed by atoms with E-state index < -0.39 is 28.2 Å². The molecule has 2 N–H and O–H groups in total. The first kappa shape index (κ1) is 19.8. The molecule has 1 aromatic rings. The van der Waals surface area contributed by atoms with Gasteiger partial charge in [0.05, 0.1) is 10.4 Å². The van der Waals surface area contributed by atoms with Crippen LogP contribution < -0.4 is 15.6 Å². The number of halogens is 2. The fraction of sp³-hybridized carbons (Fsp3) is 0.500. The highest BCUT2D eigenvalue weighted by molar-refractivity contribution is 6.35. The summed E-state index contributed by atoms with van der Waals surface area (Å²) in [5.74, 6) is -1.24. The van der Waals surface area contributed by atoms with Gasteiger partial charge in [-0.2, -0.15) is 0 Å². The Morgan fingerprint density at radius 3 is 2.44 bits per heavy atom. The average molecular weight is 415 g/mol. The van der Waals surface area contributed by atoms with Gasteiger partial charge in [-0.3, -0.25) is 25.2 Å². The lowest BCUT2D eigenvalue weighted by Crippen LogP contribution is -2.58. The minimum atomic E-state index is -1.30. The summed E-state index contributed by atoms with van der Waals surface area (Å²) in [6.45, 7) is 5.10. The zero-order valence-corrected chi connectivity index (χ0v) is 16.7. The van der Waals surface area contributed by atoms with Gasteiger partial charge in [0.1, 0.15) is 5.75 Å². The van der Waals surface area contributed by atoms with Crippen LogP contribution in [0.3, 0.4) is 0 Å². The maximum absolute atomic E-state index is 12.7. The highest BCUT2D eigenvalue weighted by Crippen LogP contribution is 2.65. The molecule has 1 aliphatic carbocycles. The molecule has 1 aromatic carbocycles. The third-order valence-electron chi connectivity index (χ3n) is 6.02. The molecule has 2 bridgehead atoms. The summed E-state index contributed by atoms with van der Waals surface area (Å²) in [6.07, 6.45) is 0.958. The largest absolute Gasteiger partial charge is 0.482 e. The molecule has 0 spiro atoms. The molecular formula is C18H20Cl2N2O5. The van der Waals surface area contributed by atoms with Crippen molar-refractivity contribution < 1.29 is 23.9 Å². The Labute approximate surface area is 166 Å². The van der Waals surface area contributed by atoms with E-state index in [0.29, 0.717) is 23.6 Å². The van der Waals surface area contributed by atoms with E-state index in [4.69, 9.17) is 32.7 Å². The first-order valence-corrected chi connectivity index (χ1v) is 9.20. The zero-order valence-electron chi connectivity index (χ0n) is 15.2. The van der Waals surface area contributed by atoms with Crippen molar-refractivity contribution in [2.45, 2.75) is 39.2 Å². The highest BCUT2D eigenvalue weighted by Gasteiger charge is 2.75. The number of fused-ring (bicyclic) bond motifs is 2. The summed E-state index contributed by atoms with van der Waals surface area (Å²) in [7, 11) is 0. The molecule has 2 amide bonds. The molecule has 1 saturated heterocycles. The number of hydrazine groups is 1. The summed E-state index contributed by atoms with van der Waals surface area (Å²) >= 11 is 11.8. The molecule has 1 saturated carbocycles. The zero-order chi connectivity index (χ0) is 20.0. The third kappa shape index (κ3) is 2.93. The molecule has 2 unspecified atom stereocenters. The molecule has 2 atom stereocenters. The van der Waals surface area contributed by atoms with Crippen LogP contribution in [0.2, 0.25) is 10.0 Å². The summed E-state index contributed by atoms with van der Waals surface area (Å²) < 4.78 is 10.8. The van der Waals surface area contributed by atoms with E-state index in [0.717, 1.165) is 0 Å². The normalized spacial score (nSPS) is 27.8.